The first-order valence-corrected chi connectivity index (χ1v) is 8.26. The van der Waals surface area contributed by atoms with Gasteiger partial charge in [0.25, 0.3) is 0 Å². The SMILES string of the molecule is Cc1ncsc1-c1ccc(C(N)COC(=O)OC(C)(C)C)cc1. The van der Waals surface area contributed by atoms with Gasteiger partial charge in [-0.15, -0.1) is 11.3 Å². The van der Waals surface area contributed by atoms with Crippen molar-refractivity contribution in [2.45, 2.75) is 39.3 Å². The fourth-order valence-corrected chi connectivity index (χ4v) is 2.81. The number of benzene rings is 1. The third kappa shape index (κ3) is 5.04. The van der Waals surface area contributed by atoms with Gasteiger partial charge in [-0.05, 0) is 38.8 Å². The summed E-state index contributed by atoms with van der Waals surface area (Å²) in [7, 11) is 0. The molecule has 2 aromatic rings. The first-order valence-electron chi connectivity index (χ1n) is 7.38. The Labute approximate surface area is 140 Å². The van der Waals surface area contributed by atoms with Crippen molar-refractivity contribution in [1.82, 2.24) is 4.98 Å². The molecule has 1 aromatic heterocycles. The van der Waals surface area contributed by atoms with Gasteiger partial charge in [0.05, 0.1) is 22.1 Å². The third-order valence-electron chi connectivity index (χ3n) is 3.12. The molecule has 6 heteroatoms. The topological polar surface area (TPSA) is 74.4 Å². The van der Waals surface area contributed by atoms with Crippen LogP contribution in [0, 0.1) is 6.92 Å². The molecule has 0 saturated heterocycles. The molecule has 124 valence electrons. The molecular formula is C17H22N2O3S. The van der Waals surface area contributed by atoms with E-state index in [1.165, 1.54) is 0 Å². The van der Waals surface area contributed by atoms with E-state index in [0.717, 1.165) is 21.7 Å². The fraction of sp³-hybridized carbons (Fsp3) is 0.412. The van der Waals surface area contributed by atoms with Crippen LogP contribution in [0.2, 0.25) is 0 Å². The minimum Gasteiger partial charge on any atom is -0.432 e. The Hall–Kier alpha value is -1.92. The Morgan fingerprint density at radius 2 is 1.96 bits per heavy atom. The number of hydrogen-bond donors (Lipinski definition) is 1. The van der Waals surface area contributed by atoms with E-state index < -0.39 is 11.8 Å². The summed E-state index contributed by atoms with van der Waals surface area (Å²) < 4.78 is 10.1. The van der Waals surface area contributed by atoms with Crippen LogP contribution in [-0.4, -0.2) is 23.3 Å². The Bertz CT molecular complexity index is 659. The van der Waals surface area contributed by atoms with Gasteiger partial charge >= 0.3 is 6.16 Å². The molecule has 23 heavy (non-hydrogen) atoms. The number of carbonyl (C=O) groups is 1. The van der Waals surface area contributed by atoms with E-state index in [1.54, 1.807) is 32.1 Å². The van der Waals surface area contributed by atoms with Gasteiger partial charge in [-0.3, -0.25) is 0 Å². The van der Waals surface area contributed by atoms with E-state index in [0.29, 0.717) is 0 Å². The van der Waals surface area contributed by atoms with Crippen molar-refractivity contribution in [2.24, 2.45) is 5.73 Å². The summed E-state index contributed by atoms with van der Waals surface area (Å²) in [5.41, 5.74) is 10.3. The van der Waals surface area contributed by atoms with Crippen LogP contribution in [-0.2, 0) is 9.47 Å². The Balaban J connectivity index is 1.94. The molecule has 5 nitrogen and oxygen atoms in total. The summed E-state index contributed by atoms with van der Waals surface area (Å²) in [4.78, 5) is 16.9. The number of nitrogens with zero attached hydrogens (tertiary/aromatic N) is 1. The van der Waals surface area contributed by atoms with E-state index in [9.17, 15) is 4.79 Å². The van der Waals surface area contributed by atoms with Gasteiger partial charge in [0.1, 0.15) is 12.2 Å². The third-order valence-corrected chi connectivity index (χ3v) is 4.09. The summed E-state index contributed by atoms with van der Waals surface area (Å²) in [5.74, 6) is 0. The average molecular weight is 334 g/mol. The van der Waals surface area contributed by atoms with Gasteiger partial charge in [-0.1, -0.05) is 24.3 Å². The van der Waals surface area contributed by atoms with Crippen molar-refractivity contribution >= 4 is 17.5 Å². The highest BCUT2D eigenvalue weighted by atomic mass is 32.1. The molecule has 0 amide bonds. The van der Waals surface area contributed by atoms with Crippen molar-refractivity contribution in [1.29, 1.82) is 0 Å². The van der Waals surface area contributed by atoms with Crippen molar-refractivity contribution < 1.29 is 14.3 Å². The number of aryl methyl sites for hydroxylation is 1. The van der Waals surface area contributed by atoms with Gasteiger partial charge in [-0.25, -0.2) is 9.78 Å². The molecule has 0 saturated carbocycles. The molecule has 0 aliphatic rings. The largest absolute Gasteiger partial charge is 0.508 e. The lowest BCUT2D eigenvalue weighted by Gasteiger charge is -2.20. The van der Waals surface area contributed by atoms with Crippen molar-refractivity contribution in [3.05, 3.63) is 41.0 Å². The van der Waals surface area contributed by atoms with E-state index >= 15 is 0 Å². The number of nitrogens with two attached hydrogens (primary N) is 1. The Morgan fingerprint density at radius 1 is 1.30 bits per heavy atom. The zero-order valence-electron chi connectivity index (χ0n) is 13.8. The molecule has 1 atom stereocenters. The summed E-state index contributed by atoms with van der Waals surface area (Å²) in [6.45, 7) is 7.42. The Morgan fingerprint density at radius 3 is 2.48 bits per heavy atom. The number of carbonyl (C=O) groups excluding carboxylic acids is 1. The van der Waals surface area contributed by atoms with Crippen LogP contribution in [0.3, 0.4) is 0 Å². The van der Waals surface area contributed by atoms with Gasteiger partial charge in [0, 0.05) is 0 Å². The lowest BCUT2D eigenvalue weighted by Crippen LogP contribution is -2.27. The molecular weight excluding hydrogens is 312 g/mol. The fourth-order valence-electron chi connectivity index (χ4n) is 1.99. The van der Waals surface area contributed by atoms with Gasteiger partial charge < -0.3 is 15.2 Å². The predicted molar refractivity (Wildman–Crippen MR) is 91.4 cm³/mol. The molecule has 0 aliphatic carbocycles. The number of hydrogen-bond acceptors (Lipinski definition) is 6. The van der Waals surface area contributed by atoms with E-state index in [2.05, 4.69) is 4.98 Å². The van der Waals surface area contributed by atoms with Gasteiger partial charge in [0.2, 0.25) is 0 Å². The van der Waals surface area contributed by atoms with Crippen LogP contribution in [0.1, 0.15) is 38.1 Å². The highest BCUT2D eigenvalue weighted by molar-refractivity contribution is 7.13. The smallest absolute Gasteiger partial charge is 0.432 e. The number of rotatable bonds is 4. The maximum atomic E-state index is 11.5. The lowest BCUT2D eigenvalue weighted by molar-refractivity contribution is -0.00935. The molecule has 1 unspecified atom stereocenters. The van der Waals surface area contributed by atoms with Crippen LogP contribution >= 0.6 is 11.3 Å². The molecule has 0 radical (unpaired) electrons. The second-order valence-electron chi connectivity index (χ2n) is 6.27. The molecule has 1 heterocycles. The molecule has 0 aliphatic heterocycles. The van der Waals surface area contributed by atoms with Crippen LogP contribution < -0.4 is 5.73 Å². The molecule has 1 aromatic carbocycles. The number of aromatic nitrogens is 1. The zero-order chi connectivity index (χ0) is 17.0. The summed E-state index contributed by atoms with van der Waals surface area (Å²) in [5, 5.41) is 0. The molecule has 0 bridgehead atoms. The van der Waals surface area contributed by atoms with Crippen molar-refractivity contribution in [3.8, 4) is 10.4 Å². The molecule has 2 N–H and O–H groups in total. The highest BCUT2D eigenvalue weighted by Gasteiger charge is 2.18. The minimum atomic E-state index is -0.704. The first-order chi connectivity index (χ1) is 10.8. The molecule has 0 fully saturated rings. The second-order valence-corrected chi connectivity index (χ2v) is 7.13. The monoisotopic (exact) mass is 334 g/mol. The quantitative estimate of drug-likeness (QED) is 0.853. The standard InChI is InChI=1S/C17H22N2O3S/c1-11-15(23-10-19-11)13-7-5-12(6-8-13)14(18)9-21-16(20)22-17(2,3)4/h5-8,10,14H,9,18H2,1-4H3. The summed E-state index contributed by atoms with van der Waals surface area (Å²) in [6.07, 6.45) is -0.704. The van der Waals surface area contributed by atoms with E-state index in [1.807, 2.05) is 36.7 Å². The van der Waals surface area contributed by atoms with Gasteiger partial charge in [-0.2, -0.15) is 0 Å². The normalized spacial score (nSPS) is 12.7. The van der Waals surface area contributed by atoms with Crippen molar-refractivity contribution in [3.63, 3.8) is 0 Å². The summed E-state index contributed by atoms with van der Waals surface area (Å²) >= 11 is 1.61. The first kappa shape index (κ1) is 17.4. The predicted octanol–water partition coefficient (Wildman–Crippen LogP) is 4.07. The van der Waals surface area contributed by atoms with Crippen LogP contribution in [0.15, 0.2) is 29.8 Å². The minimum absolute atomic E-state index is 0.0772. The molecule has 0 spiro atoms. The second kappa shape index (κ2) is 7.10. The van der Waals surface area contributed by atoms with E-state index in [-0.39, 0.29) is 12.6 Å². The van der Waals surface area contributed by atoms with Gasteiger partial charge in [0.15, 0.2) is 0 Å². The molecule has 2 rings (SSSR count). The van der Waals surface area contributed by atoms with Crippen LogP contribution in [0.4, 0.5) is 4.79 Å². The highest BCUT2D eigenvalue weighted by Crippen LogP contribution is 2.28. The maximum Gasteiger partial charge on any atom is 0.508 e. The summed E-state index contributed by atoms with van der Waals surface area (Å²) in [6, 6.07) is 7.50. The number of ether oxygens (including phenoxy) is 2. The Kier molecular flexibility index (Phi) is 5.38. The zero-order valence-corrected chi connectivity index (χ0v) is 14.6. The van der Waals surface area contributed by atoms with Crippen LogP contribution in [0.5, 0.6) is 0 Å². The lowest BCUT2D eigenvalue weighted by atomic mass is 10.0. The van der Waals surface area contributed by atoms with Crippen LogP contribution in [0.25, 0.3) is 10.4 Å². The average Bonchev–Trinajstić information content (AvgIpc) is 2.89. The van der Waals surface area contributed by atoms with E-state index in [4.69, 9.17) is 15.2 Å². The maximum absolute atomic E-state index is 11.5. The van der Waals surface area contributed by atoms with Crippen molar-refractivity contribution in [2.75, 3.05) is 6.61 Å². The number of thiazole rings is 1.